The lowest BCUT2D eigenvalue weighted by atomic mass is 9.95. The Morgan fingerprint density at radius 3 is 1.56 bits per heavy atom. The Labute approximate surface area is 214 Å². The van der Waals surface area contributed by atoms with E-state index in [0.29, 0.717) is 17.9 Å². The first-order valence-electron chi connectivity index (χ1n) is 12.1. The predicted molar refractivity (Wildman–Crippen MR) is 139 cm³/mol. The maximum Gasteiger partial charge on any atom is 0.318 e. The van der Waals surface area contributed by atoms with E-state index in [0.717, 1.165) is 16.7 Å². The van der Waals surface area contributed by atoms with Crippen molar-refractivity contribution in [1.82, 2.24) is 5.06 Å². The first kappa shape index (κ1) is 27.3. The van der Waals surface area contributed by atoms with E-state index in [1.807, 2.05) is 81.4 Å². The van der Waals surface area contributed by atoms with E-state index in [2.05, 4.69) is 0 Å². The molecule has 3 aromatic carbocycles. The number of hydrogen-bond donors (Lipinski definition) is 0. The van der Waals surface area contributed by atoms with Crippen molar-refractivity contribution < 1.29 is 22.3 Å². The lowest BCUT2D eigenvalue weighted by molar-refractivity contribution is -0.171. The number of aryl methyl sites for hydroxylation is 1. The van der Waals surface area contributed by atoms with Crippen LogP contribution < -0.4 is 0 Å². The van der Waals surface area contributed by atoms with Gasteiger partial charge in [0.25, 0.3) is 11.8 Å². The molecule has 2 atom stereocenters. The highest BCUT2D eigenvalue weighted by molar-refractivity contribution is 7.86. The Hall–Kier alpha value is -3.29. The minimum atomic E-state index is -4.36. The molecule has 2 amide bonds. The van der Waals surface area contributed by atoms with Crippen molar-refractivity contribution in [1.29, 1.82) is 0 Å². The summed E-state index contributed by atoms with van der Waals surface area (Å²) in [4.78, 5) is 26.1. The molecule has 190 valence electrons. The van der Waals surface area contributed by atoms with Crippen molar-refractivity contribution in [2.45, 2.75) is 63.2 Å². The number of hydrogen-bond acceptors (Lipinski definition) is 5. The average molecular weight is 508 g/mol. The standard InChI is InChI=1S/C29H33NO5S/c1-22-14-18-27(19-15-22)36(33,34)35-30(28(31)20-16-23(2)25-10-6-4-7-11-25)29(32)21-17-24(3)26-12-8-5-9-13-26/h4-15,18-19,23-24H,16-17,20-21H2,1-3H3. The molecular weight excluding hydrogens is 474 g/mol. The second-order valence-electron chi connectivity index (χ2n) is 9.12. The molecule has 0 heterocycles. The predicted octanol–water partition coefficient (Wildman–Crippen LogP) is 6.14. The molecule has 2 unspecified atom stereocenters. The molecule has 0 aliphatic rings. The van der Waals surface area contributed by atoms with Crippen LogP contribution in [0.25, 0.3) is 0 Å². The summed E-state index contributed by atoms with van der Waals surface area (Å²) in [6.07, 6.45) is 0.834. The van der Waals surface area contributed by atoms with Crippen LogP contribution in [0.1, 0.15) is 68.1 Å². The second-order valence-corrected chi connectivity index (χ2v) is 10.7. The van der Waals surface area contributed by atoms with Crippen molar-refractivity contribution >= 4 is 21.9 Å². The van der Waals surface area contributed by atoms with Gasteiger partial charge in [-0.2, -0.15) is 8.42 Å². The van der Waals surface area contributed by atoms with Crippen molar-refractivity contribution in [2.24, 2.45) is 0 Å². The number of carbonyl (C=O) groups is 2. The summed E-state index contributed by atoms with van der Waals surface area (Å²) in [5.41, 5.74) is 3.00. The number of benzene rings is 3. The Bertz CT molecular complexity index is 1180. The maximum absolute atomic E-state index is 13.1. The zero-order valence-electron chi connectivity index (χ0n) is 21.0. The number of nitrogens with zero attached hydrogens (tertiary/aromatic N) is 1. The van der Waals surface area contributed by atoms with Gasteiger partial charge >= 0.3 is 10.1 Å². The molecule has 0 spiro atoms. The summed E-state index contributed by atoms with van der Waals surface area (Å²) in [5, 5.41) is 0.449. The van der Waals surface area contributed by atoms with Gasteiger partial charge < -0.3 is 0 Å². The van der Waals surface area contributed by atoms with Crippen LogP contribution in [-0.2, 0) is 24.0 Å². The van der Waals surface area contributed by atoms with Crippen LogP contribution in [0, 0.1) is 6.92 Å². The highest BCUT2D eigenvalue weighted by atomic mass is 32.2. The molecule has 0 aliphatic carbocycles. The van der Waals surface area contributed by atoms with Crippen LogP contribution in [0.2, 0.25) is 0 Å². The number of amides is 2. The molecule has 0 bridgehead atoms. The minimum Gasteiger partial charge on any atom is -0.272 e. The van der Waals surface area contributed by atoms with Gasteiger partial charge in [0.1, 0.15) is 0 Å². The molecule has 0 N–H and O–H groups in total. The maximum atomic E-state index is 13.1. The topological polar surface area (TPSA) is 80.8 Å². The molecule has 0 aromatic heterocycles. The molecule has 36 heavy (non-hydrogen) atoms. The molecule has 7 heteroatoms. The van der Waals surface area contributed by atoms with E-state index in [4.69, 9.17) is 4.28 Å². The number of imide groups is 1. The summed E-state index contributed by atoms with van der Waals surface area (Å²) in [5.74, 6) is -1.24. The molecule has 3 rings (SSSR count). The lowest BCUT2D eigenvalue weighted by Gasteiger charge is -2.21. The summed E-state index contributed by atoms with van der Waals surface area (Å²) in [6.45, 7) is 5.80. The van der Waals surface area contributed by atoms with Gasteiger partial charge in [-0.3, -0.25) is 9.59 Å². The van der Waals surface area contributed by atoms with Crippen molar-refractivity contribution in [3.63, 3.8) is 0 Å². The molecule has 6 nitrogen and oxygen atoms in total. The van der Waals surface area contributed by atoms with Gasteiger partial charge in [0.15, 0.2) is 0 Å². The van der Waals surface area contributed by atoms with Crippen LogP contribution in [0.3, 0.4) is 0 Å². The number of rotatable bonds is 11. The molecule has 3 aromatic rings. The summed E-state index contributed by atoms with van der Waals surface area (Å²) in [7, 11) is -4.36. The van der Waals surface area contributed by atoms with Gasteiger partial charge in [-0.1, -0.05) is 92.2 Å². The van der Waals surface area contributed by atoms with E-state index in [9.17, 15) is 18.0 Å². The molecule has 0 fully saturated rings. The van der Waals surface area contributed by atoms with E-state index < -0.39 is 21.9 Å². The van der Waals surface area contributed by atoms with Crippen LogP contribution in [0.15, 0.2) is 89.8 Å². The van der Waals surface area contributed by atoms with Crippen LogP contribution in [0.4, 0.5) is 0 Å². The van der Waals surface area contributed by atoms with Gasteiger partial charge in [-0.25, -0.2) is 0 Å². The van der Waals surface area contributed by atoms with Crippen LogP contribution in [-0.4, -0.2) is 25.3 Å². The van der Waals surface area contributed by atoms with Gasteiger partial charge in [-0.05, 0) is 54.9 Å². The Kier molecular flexibility index (Phi) is 9.56. The molecular formula is C29H33NO5S. The van der Waals surface area contributed by atoms with Gasteiger partial charge in [0.05, 0.1) is 4.90 Å². The van der Waals surface area contributed by atoms with Crippen LogP contribution in [0.5, 0.6) is 0 Å². The number of carbonyl (C=O) groups excluding carboxylic acids is 2. The van der Waals surface area contributed by atoms with E-state index >= 15 is 0 Å². The fraction of sp³-hybridized carbons (Fsp3) is 0.310. The van der Waals surface area contributed by atoms with Gasteiger partial charge in [0.2, 0.25) is 0 Å². The van der Waals surface area contributed by atoms with Crippen molar-refractivity contribution in [3.05, 3.63) is 102 Å². The van der Waals surface area contributed by atoms with E-state index in [1.165, 1.54) is 12.1 Å². The van der Waals surface area contributed by atoms with Crippen molar-refractivity contribution in [2.75, 3.05) is 0 Å². The zero-order chi connectivity index (χ0) is 26.1. The monoisotopic (exact) mass is 507 g/mol. The highest BCUT2D eigenvalue weighted by Crippen LogP contribution is 2.24. The molecule has 0 aliphatic heterocycles. The fourth-order valence-corrected chi connectivity index (χ4v) is 4.77. The van der Waals surface area contributed by atoms with Gasteiger partial charge in [-0.15, -0.1) is 9.35 Å². The SMILES string of the molecule is Cc1ccc(S(=O)(=O)ON(C(=O)CCC(C)c2ccccc2)C(=O)CCC(C)c2ccccc2)cc1. The third-order valence-corrected chi connectivity index (χ3v) is 7.45. The smallest absolute Gasteiger partial charge is 0.272 e. The normalized spacial score (nSPS) is 13.1. The molecule has 0 saturated heterocycles. The third kappa shape index (κ3) is 7.60. The first-order chi connectivity index (χ1) is 17.2. The Morgan fingerprint density at radius 2 is 1.14 bits per heavy atom. The first-order valence-corrected chi connectivity index (χ1v) is 13.5. The number of hydroxylamine groups is 2. The summed E-state index contributed by atoms with van der Waals surface area (Å²) in [6, 6.07) is 25.5. The van der Waals surface area contributed by atoms with Gasteiger partial charge in [0, 0.05) is 12.8 Å². The van der Waals surface area contributed by atoms with Crippen molar-refractivity contribution in [3.8, 4) is 0 Å². The fourth-order valence-electron chi connectivity index (χ4n) is 3.85. The second kappa shape index (κ2) is 12.6. The van der Waals surface area contributed by atoms with E-state index in [1.54, 1.807) is 12.1 Å². The van der Waals surface area contributed by atoms with Crippen LogP contribution >= 0.6 is 0 Å². The Balaban J connectivity index is 1.74. The zero-order valence-corrected chi connectivity index (χ0v) is 21.8. The molecule has 0 saturated carbocycles. The summed E-state index contributed by atoms with van der Waals surface area (Å²) >= 11 is 0. The molecule has 0 radical (unpaired) electrons. The average Bonchev–Trinajstić information content (AvgIpc) is 2.89. The van der Waals surface area contributed by atoms with E-state index in [-0.39, 0.29) is 29.6 Å². The quantitative estimate of drug-likeness (QED) is 0.291. The lowest BCUT2D eigenvalue weighted by Crippen LogP contribution is -2.39. The highest BCUT2D eigenvalue weighted by Gasteiger charge is 2.30. The minimum absolute atomic E-state index is 0.0283. The Morgan fingerprint density at radius 1 is 0.722 bits per heavy atom. The third-order valence-electron chi connectivity index (χ3n) is 6.26. The largest absolute Gasteiger partial charge is 0.318 e. The summed E-state index contributed by atoms with van der Waals surface area (Å²) < 4.78 is 31.0.